The van der Waals surface area contributed by atoms with Gasteiger partial charge < -0.3 is 14.1 Å². The number of benzene rings is 1. The number of rotatable bonds is 10. The summed E-state index contributed by atoms with van der Waals surface area (Å²) in [6.07, 6.45) is 4.04. The smallest absolute Gasteiger partial charge is 0.290 e. The van der Waals surface area contributed by atoms with Crippen molar-refractivity contribution in [1.82, 2.24) is 4.90 Å². The van der Waals surface area contributed by atoms with Gasteiger partial charge in [0.2, 0.25) is 0 Å². The Morgan fingerprint density at radius 2 is 1.63 bits per heavy atom. The van der Waals surface area contributed by atoms with Crippen LogP contribution in [-0.2, 0) is 13.0 Å². The number of hydrogen-bond acceptors (Lipinski definition) is 3. The molecule has 0 bridgehead atoms. The molecule has 148 valence electrons. The molecule has 1 aromatic heterocycles. The monoisotopic (exact) mass is 371 g/mol. The summed E-state index contributed by atoms with van der Waals surface area (Å²) in [5.41, 5.74) is 1.31. The molecule has 1 aromatic carbocycles. The van der Waals surface area contributed by atoms with Gasteiger partial charge >= 0.3 is 0 Å². The number of ether oxygens (including phenoxy) is 1. The molecule has 4 heteroatoms. The molecule has 4 nitrogen and oxygen atoms in total. The Morgan fingerprint density at radius 3 is 2.19 bits per heavy atom. The van der Waals surface area contributed by atoms with Crippen molar-refractivity contribution in [2.45, 2.75) is 79.0 Å². The average molecular weight is 372 g/mol. The number of nitrogens with zero attached hydrogens (tertiary/aromatic N) is 1. The molecule has 0 saturated carbocycles. The van der Waals surface area contributed by atoms with Crippen LogP contribution in [0.2, 0.25) is 0 Å². The average Bonchev–Trinajstić information content (AvgIpc) is 3.16. The van der Waals surface area contributed by atoms with Gasteiger partial charge in [-0.1, -0.05) is 39.3 Å². The highest BCUT2D eigenvalue weighted by molar-refractivity contribution is 5.92. The van der Waals surface area contributed by atoms with E-state index in [0.29, 0.717) is 18.1 Å². The van der Waals surface area contributed by atoms with E-state index in [-0.39, 0.29) is 18.0 Å². The summed E-state index contributed by atoms with van der Waals surface area (Å²) < 4.78 is 11.6. The van der Waals surface area contributed by atoms with E-state index in [9.17, 15) is 4.79 Å². The van der Waals surface area contributed by atoms with Crippen molar-refractivity contribution in [3.8, 4) is 5.75 Å². The normalized spacial score (nSPS) is 13.2. The minimum atomic E-state index is -0.0473. The van der Waals surface area contributed by atoms with E-state index in [0.717, 1.165) is 31.4 Å². The molecular weight excluding hydrogens is 338 g/mol. The second-order valence-electron chi connectivity index (χ2n) is 7.18. The van der Waals surface area contributed by atoms with Gasteiger partial charge in [-0.05, 0) is 62.9 Å². The third-order valence-corrected chi connectivity index (χ3v) is 5.08. The fourth-order valence-electron chi connectivity index (χ4n) is 3.12. The second kappa shape index (κ2) is 10.2. The molecule has 0 aliphatic heterocycles. The lowest BCUT2D eigenvalue weighted by Gasteiger charge is -2.33. The molecule has 2 atom stereocenters. The molecular formula is C23H33NO3. The molecule has 2 rings (SSSR count). The van der Waals surface area contributed by atoms with Crippen molar-refractivity contribution in [3.05, 3.63) is 53.5 Å². The van der Waals surface area contributed by atoms with Crippen molar-refractivity contribution in [2.24, 2.45) is 0 Å². The highest BCUT2D eigenvalue weighted by atomic mass is 16.5. The predicted octanol–water partition coefficient (Wildman–Crippen LogP) is 5.85. The molecule has 0 aliphatic rings. The zero-order valence-corrected chi connectivity index (χ0v) is 17.3. The topological polar surface area (TPSA) is 42.7 Å². The SMILES string of the molecule is CCCc1ccc(OCc2ccc(C(=O)N([C@H](C)CC)[C@@H](C)CC)o2)cc1. The molecule has 0 spiro atoms. The van der Waals surface area contributed by atoms with Crippen LogP contribution in [0, 0.1) is 0 Å². The minimum absolute atomic E-state index is 0.0473. The van der Waals surface area contributed by atoms with Gasteiger partial charge in [0.25, 0.3) is 5.91 Å². The largest absolute Gasteiger partial charge is 0.486 e. The quantitative estimate of drug-likeness (QED) is 0.526. The van der Waals surface area contributed by atoms with Crippen LogP contribution in [0.15, 0.2) is 40.8 Å². The van der Waals surface area contributed by atoms with Crippen molar-refractivity contribution in [1.29, 1.82) is 0 Å². The number of hydrogen-bond donors (Lipinski definition) is 0. The summed E-state index contributed by atoms with van der Waals surface area (Å²) in [6, 6.07) is 12.1. The van der Waals surface area contributed by atoms with Crippen molar-refractivity contribution < 1.29 is 13.9 Å². The summed E-state index contributed by atoms with van der Waals surface area (Å²) in [4.78, 5) is 14.9. The number of carbonyl (C=O) groups excluding carboxylic acids is 1. The lowest BCUT2D eigenvalue weighted by Crippen LogP contribution is -2.44. The first kappa shape index (κ1) is 21.1. The van der Waals surface area contributed by atoms with E-state index >= 15 is 0 Å². The molecule has 1 heterocycles. The van der Waals surface area contributed by atoms with E-state index in [2.05, 4.69) is 46.8 Å². The van der Waals surface area contributed by atoms with Crippen LogP contribution in [0.4, 0.5) is 0 Å². The first-order valence-corrected chi connectivity index (χ1v) is 10.1. The molecule has 0 fully saturated rings. The van der Waals surface area contributed by atoms with Crippen LogP contribution in [0.3, 0.4) is 0 Å². The van der Waals surface area contributed by atoms with E-state index < -0.39 is 0 Å². The maximum Gasteiger partial charge on any atom is 0.290 e. The van der Waals surface area contributed by atoms with E-state index in [1.165, 1.54) is 5.56 Å². The van der Waals surface area contributed by atoms with Gasteiger partial charge in [0, 0.05) is 12.1 Å². The molecule has 0 N–H and O–H groups in total. The Kier molecular flexibility index (Phi) is 7.96. The standard InChI is InChI=1S/C23H33NO3/c1-6-9-19-10-12-20(13-11-19)26-16-21-14-15-22(27-21)23(25)24(17(4)7-2)18(5)8-3/h10-15,17-18H,6-9,16H2,1-5H3/t17-,18+. The van der Waals surface area contributed by atoms with Crippen LogP contribution in [0.25, 0.3) is 0 Å². The highest BCUT2D eigenvalue weighted by Gasteiger charge is 2.26. The van der Waals surface area contributed by atoms with Gasteiger partial charge in [0.05, 0.1) is 0 Å². The maximum absolute atomic E-state index is 12.9. The first-order valence-electron chi connectivity index (χ1n) is 10.1. The van der Waals surface area contributed by atoms with E-state index in [4.69, 9.17) is 9.15 Å². The Hall–Kier alpha value is -2.23. The van der Waals surface area contributed by atoms with Crippen molar-refractivity contribution in [3.63, 3.8) is 0 Å². The summed E-state index contributed by atoms with van der Waals surface area (Å²) in [5.74, 6) is 1.80. The van der Waals surface area contributed by atoms with Crippen molar-refractivity contribution in [2.75, 3.05) is 0 Å². The lowest BCUT2D eigenvalue weighted by molar-refractivity contribution is 0.0561. The lowest BCUT2D eigenvalue weighted by atomic mass is 10.1. The molecule has 0 radical (unpaired) electrons. The Labute approximate surface area is 163 Å². The van der Waals surface area contributed by atoms with Gasteiger partial charge in [0.15, 0.2) is 5.76 Å². The van der Waals surface area contributed by atoms with Crippen molar-refractivity contribution >= 4 is 5.91 Å². The number of amides is 1. The van der Waals surface area contributed by atoms with Gasteiger partial charge in [-0.15, -0.1) is 0 Å². The van der Waals surface area contributed by atoms with E-state index in [1.54, 1.807) is 6.07 Å². The van der Waals surface area contributed by atoms with Crippen LogP contribution in [0.1, 0.15) is 75.8 Å². The van der Waals surface area contributed by atoms with Crippen LogP contribution < -0.4 is 4.74 Å². The van der Waals surface area contributed by atoms with Crippen LogP contribution in [0.5, 0.6) is 5.75 Å². The summed E-state index contributed by atoms with van der Waals surface area (Å²) in [7, 11) is 0. The zero-order chi connectivity index (χ0) is 19.8. The predicted molar refractivity (Wildman–Crippen MR) is 109 cm³/mol. The maximum atomic E-state index is 12.9. The van der Waals surface area contributed by atoms with Crippen LogP contribution >= 0.6 is 0 Å². The molecule has 0 saturated heterocycles. The molecule has 1 amide bonds. The molecule has 0 unspecified atom stereocenters. The third-order valence-electron chi connectivity index (χ3n) is 5.08. The Morgan fingerprint density at radius 1 is 1.00 bits per heavy atom. The van der Waals surface area contributed by atoms with Gasteiger partial charge in [-0.2, -0.15) is 0 Å². The van der Waals surface area contributed by atoms with Crippen LogP contribution in [-0.4, -0.2) is 22.9 Å². The number of aryl methyl sites for hydroxylation is 1. The van der Waals surface area contributed by atoms with Gasteiger partial charge in [0.1, 0.15) is 18.1 Å². The Bertz CT molecular complexity index is 695. The summed E-state index contributed by atoms with van der Waals surface area (Å²) >= 11 is 0. The number of furan rings is 1. The minimum Gasteiger partial charge on any atom is -0.486 e. The first-order chi connectivity index (χ1) is 13.0. The summed E-state index contributed by atoms with van der Waals surface area (Å²) in [6.45, 7) is 10.8. The van der Waals surface area contributed by atoms with E-state index in [1.807, 2.05) is 23.1 Å². The summed E-state index contributed by atoms with van der Waals surface area (Å²) in [5, 5.41) is 0. The molecule has 0 aliphatic carbocycles. The Balaban J connectivity index is 2.01. The van der Waals surface area contributed by atoms with Gasteiger partial charge in [-0.3, -0.25) is 4.79 Å². The highest BCUT2D eigenvalue weighted by Crippen LogP contribution is 2.20. The fraction of sp³-hybridized carbons (Fsp3) is 0.522. The zero-order valence-electron chi connectivity index (χ0n) is 17.3. The molecule has 2 aromatic rings. The molecule has 27 heavy (non-hydrogen) atoms. The third kappa shape index (κ3) is 5.62. The second-order valence-corrected chi connectivity index (χ2v) is 7.18. The van der Waals surface area contributed by atoms with Gasteiger partial charge in [-0.25, -0.2) is 0 Å². The number of carbonyl (C=O) groups is 1. The fourth-order valence-corrected chi connectivity index (χ4v) is 3.12.